The Bertz CT molecular complexity index is 1370. The quantitative estimate of drug-likeness (QED) is 0.407. The van der Waals surface area contributed by atoms with E-state index in [4.69, 9.17) is 9.47 Å². The van der Waals surface area contributed by atoms with Crippen LogP contribution in [0.5, 0.6) is 11.5 Å². The minimum atomic E-state index is -0.997. The fourth-order valence-corrected chi connectivity index (χ4v) is 3.85. The van der Waals surface area contributed by atoms with E-state index in [0.717, 1.165) is 39.2 Å². The molecule has 0 bridgehead atoms. The molecule has 0 radical (unpaired) electrons. The van der Waals surface area contributed by atoms with Crippen molar-refractivity contribution in [2.24, 2.45) is 0 Å². The number of aliphatic hydroxyl groups is 1. The van der Waals surface area contributed by atoms with Gasteiger partial charge in [-0.15, -0.1) is 0 Å². The van der Waals surface area contributed by atoms with Crippen molar-refractivity contribution in [3.05, 3.63) is 84.2 Å². The van der Waals surface area contributed by atoms with Crippen LogP contribution in [-0.2, 0) is 4.74 Å². The average molecular weight is 452 g/mol. The molecule has 6 heteroatoms. The van der Waals surface area contributed by atoms with E-state index in [1.165, 1.54) is 0 Å². The van der Waals surface area contributed by atoms with Crippen molar-refractivity contribution >= 4 is 22.4 Å². The molecule has 5 rings (SSSR count). The SMILES string of the molecule is Cc1cc(Nc2ncnc3ccc(C#CC4(O)CCOCC4)cc23)ccc1Oc1ccccc1. The molecule has 6 nitrogen and oxygen atoms in total. The second-order valence-electron chi connectivity index (χ2n) is 8.37. The highest BCUT2D eigenvalue weighted by atomic mass is 16.5. The Balaban J connectivity index is 1.39. The molecule has 3 aromatic carbocycles. The van der Waals surface area contributed by atoms with Crippen LogP contribution in [0.1, 0.15) is 24.0 Å². The molecule has 0 amide bonds. The summed E-state index contributed by atoms with van der Waals surface area (Å²) in [5.41, 5.74) is 2.51. The number of aryl methyl sites for hydroxylation is 1. The molecule has 1 aliphatic heterocycles. The third-order valence-corrected chi connectivity index (χ3v) is 5.80. The van der Waals surface area contributed by atoms with Crippen LogP contribution in [-0.4, -0.2) is 33.9 Å². The molecule has 1 saturated heterocycles. The van der Waals surface area contributed by atoms with Crippen LogP contribution in [0.4, 0.5) is 11.5 Å². The summed E-state index contributed by atoms with van der Waals surface area (Å²) in [4.78, 5) is 8.84. The summed E-state index contributed by atoms with van der Waals surface area (Å²) in [7, 11) is 0. The molecule has 170 valence electrons. The molecule has 34 heavy (non-hydrogen) atoms. The fraction of sp³-hybridized carbons (Fsp3) is 0.214. The van der Waals surface area contributed by atoms with Gasteiger partial charge < -0.3 is 19.9 Å². The molecule has 4 aromatic rings. The predicted octanol–water partition coefficient (Wildman–Crippen LogP) is 5.37. The van der Waals surface area contributed by atoms with Crippen molar-refractivity contribution in [2.45, 2.75) is 25.4 Å². The number of anilines is 2. The first-order valence-electron chi connectivity index (χ1n) is 11.3. The maximum absolute atomic E-state index is 10.6. The highest BCUT2D eigenvalue weighted by molar-refractivity contribution is 5.91. The van der Waals surface area contributed by atoms with Crippen molar-refractivity contribution in [3.8, 4) is 23.3 Å². The van der Waals surface area contributed by atoms with Crippen LogP contribution >= 0.6 is 0 Å². The van der Waals surface area contributed by atoms with Gasteiger partial charge in [-0.25, -0.2) is 9.97 Å². The van der Waals surface area contributed by atoms with Gasteiger partial charge in [0.15, 0.2) is 0 Å². The lowest BCUT2D eigenvalue weighted by Crippen LogP contribution is -2.34. The van der Waals surface area contributed by atoms with E-state index in [-0.39, 0.29) is 0 Å². The highest BCUT2D eigenvalue weighted by Crippen LogP contribution is 2.30. The summed E-state index contributed by atoms with van der Waals surface area (Å²) in [6, 6.07) is 21.4. The standard InChI is InChI=1S/C28H25N3O3/c1-20-17-22(8-10-26(20)34-23-5-3-2-4-6-23)31-27-24-18-21(7-9-25(24)29-19-30-27)11-12-28(32)13-15-33-16-14-28/h2-10,17-19,32H,13-16H2,1H3,(H,29,30,31). The maximum atomic E-state index is 10.6. The zero-order chi connectivity index (χ0) is 23.4. The largest absolute Gasteiger partial charge is 0.457 e. The molecule has 2 heterocycles. The second kappa shape index (κ2) is 9.52. The number of fused-ring (bicyclic) bond motifs is 1. The Labute approximate surface area is 198 Å². The molecule has 1 aromatic heterocycles. The predicted molar refractivity (Wildman–Crippen MR) is 132 cm³/mol. The van der Waals surface area contributed by atoms with Gasteiger partial charge in [-0.05, 0) is 61.0 Å². The van der Waals surface area contributed by atoms with Crippen LogP contribution in [0.25, 0.3) is 10.9 Å². The summed E-state index contributed by atoms with van der Waals surface area (Å²) in [5, 5.41) is 14.9. The van der Waals surface area contributed by atoms with E-state index in [9.17, 15) is 5.11 Å². The van der Waals surface area contributed by atoms with E-state index in [1.54, 1.807) is 6.33 Å². The van der Waals surface area contributed by atoms with Crippen LogP contribution in [0, 0.1) is 18.8 Å². The number of benzene rings is 3. The number of rotatable bonds is 4. The van der Waals surface area contributed by atoms with E-state index >= 15 is 0 Å². The van der Waals surface area contributed by atoms with Gasteiger partial charge in [-0.3, -0.25) is 0 Å². The lowest BCUT2D eigenvalue weighted by Gasteiger charge is -2.26. The molecular formula is C28H25N3O3. The number of nitrogens with one attached hydrogen (secondary N) is 1. The number of para-hydroxylation sites is 1. The van der Waals surface area contributed by atoms with Crippen molar-refractivity contribution in [3.63, 3.8) is 0 Å². The topological polar surface area (TPSA) is 76.5 Å². The summed E-state index contributed by atoms with van der Waals surface area (Å²) >= 11 is 0. The number of hydrogen-bond acceptors (Lipinski definition) is 6. The zero-order valence-electron chi connectivity index (χ0n) is 18.9. The molecule has 2 N–H and O–H groups in total. The third kappa shape index (κ3) is 5.01. The van der Waals surface area contributed by atoms with Gasteiger partial charge in [0.25, 0.3) is 0 Å². The minimum absolute atomic E-state index is 0.521. The lowest BCUT2D eigenvalue weighted by atomic mass is 9.95. The number of hydrogen-bond donors (Lipinski definition) is 2. The smallest absolute Gasteiger partial charge is 0.141 e. The molecular weight excluding hydrogens is 426 g/mol. The summed E-state index contributed by atoms with van der Waals surface area (Å²) < 4.78 is 11.3. The fourth-order valence-electron chi connectivity index (χ4n) is 3.85. The summed E-state index contributed by atoms with van der Waals surface area (Å²) in [6.07, 6.45) is 2.58. The van der Waals surface area contributed by atoms with E-state index in [0.29, 0.717) is 31.9 Å². The van der Waals surface area contributed by atoms with Crippen LogP contribution in [0.3, 0.4) is 0 Å². The minimum Gasteiger partial charge on any atom is -0.457 e. The van der Waals surface area contributed by atoms with Crippen molar-refractivity contribution in [1.82, 2.24) is 9.97 Å². The zero-order valence-corrected chi connectivity index (χ0v) is 18.9. The van der Waals surface area contributed by atoms with Crippen LogP contribution in [0.2, 0.25) is 0 Å². The normalized spacial score (nSPS) is 14.8. The molecule has 0 spiro atoms. The number of nitrogens with zero attached hydrogens (tertiary/aromatic N) is 2. The first-order chi connectivity index (χ1) is 16.6. The van der Waals surface area contributed by atoms with Crippen molar-refractivity contribution in [1.29, 1.82) is 0 Å². The Kier molecular flexibility index (Phi) is 6.13. The third-order valence-electron chi connectivity index (χ3n) is 5.80. The molecule has 1 fully saturated rings. The Hall–Kier alpha value is -3.92. The number of ether oxygens (including phenoxy) is 2. The van der Waals surface area contributed by atoms with E-state index in [2.05, 4.69) is 27.1 Å². The number of aromatic nitrogens is 2. The lowest BCUT2D eigenvalue weighted by molar-refractivity contribution is -0.0261. The van der Waals surface area contributed by atoms with Gasteiger partial charge >= 0.3 is 0 Å². The Morgan fingerprint density at radius 3 is 2.62 bits per heavy atom. The molecule has 0 saturated carbocycles. The summed E-state index contributed by atoms with van der Waals surface area (Å²) in [5.74, 6) is 8.44. The van der Waals surface area contributed by atoms with Gasteiger partial charge in [0, 0.05) is 29.5 Å². The maximum Gasteiger partial charge on any atom is 0.141 e. The Morgan fingerprint density at radius 2 is 1.82 bits per heavy atom. The average Bonchev–Trinajstić information content (AvgIpc) is 2.86. The Morgan fingerprint density at radius 1 is 1.00 bits per heavy atom. The van der Waals surface area contributed by atoms with Gasteiger partial charge in [0.2, 0.25) is 0 Å². The van der Waals surface area contributed by atoms with E-state index in [1.807, 2.05) is 73.7 Å². The first-order valence-corrected chi connectivity index (χ1v) is 11.3. The van der Waals surface area contributed by atoms with Crippen molar-refractivity contribution < 1.29 is 14.6 Å². The van der Waals surface area contributed by atoms with Gasteiger partial charge in [0.1, 0.15) is 29.2 Å². The van der Waals surface area contributed by atoms with Gasteiger partial charge in [-0.2, -0.15) is 0 Å². The van der Waals surface area contributed by atoms with Crippen molar-refractivity contribution in [2.75, 3.05) is 18.5 Å². The highest BCUT2D eigenvalue weighted by Gasteiger charge is 2.27. The summed E-state index contributed by atoms with van der Waals surface area (Å²) in [6.45, 7) is 3.06. The molecule has 0 unspecified atom stereocenters. The van der Waals surface area contributed by atoms with Gasteiger partial charge in [-0.1, -0.05) is 30.0 Å². The molecule has 0 aliphatic carbocycles. The van der Waals surface area contributed by atoms with E-state index < -0.39 is 5.60 Å². The second-order valence-corrected chi connectivity index (χ2v) is 8.37. The van der Waals surface area contributed by atoms with Crippen LogP contribution in [0.15, 0.2) is 73.1 Å². The van der Waals surface area contributed by atoms with Gasteiger partial charge in [0.05, 0.1) is 18.7 Å². The van der Waals surface area contributed by atoms with Crippen LogP contribution < -0.4 is 10.1 Å². The molecule has 1 aliphatic rings. The molecule has 0 atom stereocenters. The first kappa shape index (κ1) is 21.9. The monoisotopic (exact) mass is 451 g/mol.